The molecule has 0 spiro atoms. The average Bonchev–Trinajstić information content (AvgIpc) is 3.67. The van der Waals surface area contributed by atoms with E-state index in [4.69, 9.17) is 16.3 Å². The van der Waals surface area contributed by atoms with E-state index in [2.05, 4.69) is 20.3 Å². The number of rotatable bonds is 14. The molecule has 0 atom stereocenters. The Bertz CT molecular complexity index is 1550. The summed E-state index contributed by atoms with van der Waals surface area (Å²) in [4.78, 5) is 36.1. The normalized spacial score (nSPS) is 14.3. The van der Waals surface area contributed by atoms with Gasteiger partial charge in [-0.1, -0.05) is 48.0 Å². The van der Waals surface area contributed by atoms with Crippen molar-refractivity contribution in [2.24, 2.45) is 0 Å². The predicted molar refractivity (Wildman–Crippen MR) is 150 cm³/mol. The molecule has 42 heavy (non-hydrogen) atoms. The van der Waals surface area contributed by atoms with Crippen LogP contribution in [0.3, 0.4) is 0 Å². The van der Waals surface area contributed by atoms with Gasteiger partial charge < -0.3 is 14.8 Å². The van der Waals surface area contributed by atoms with E-state index >= 15 is 0 Å². The van der Waals surface area contributed by atoms with Crippen LogP contribution >= 0.6 is 11.6 Å². The Labute approximate surface area is 245 Å². The van der Waals surface area contributed by atoms with Crippen molar-refractivity contribution in [2.75, 3.05) is 23.4 Å². The largest absolute Gasteiger partial charge is 0.454 e. The molecule has 1 N–H and O–H groups in total. The second kappa shape index (κ2) is 12.7. The monoisotopic (exact) mass is 624 g/mol. The maximum absolute atomic E-state index is 12.8. The number of benzene rings is 2. The second-order valence-electron chi connectivity index (χ2n) is 10.2. The lowest BCUT2D eigenvalue weighted by Gasteiger charge is -2.19. The average molecular weight is 625 g/mol. The number of Topliss-reactive ketones (excluding diaryl/α,β-unsaturated/α-hetero) is 2. The molecule has 3 aromatic rings. The summed E-state index contributed by atoms with van der Waals surface area (Å²) < 4.78 is 67.8. The summed E-state index contributed by atoms with van der Waals surface area (Å²) in [6, 6.07) is 12.8. The third kappa shape index (κ3) is 9.21. The van der Waals surface area contributed by atoms with Crippen LogP contribution in [0.2, 0.25) is 5.02 Å². The Hall–Kier alpha value is -3.58. The van der Waals surface area contributed by atoms with Crippen molar-refractivity contribution in [3.63, 3.8) is 0 Å². The molecule has 0 saturated heterocycles. The summed E-state index contributed by atoms with van der Waals surface area (Å²) in [6.45, 7) is -0.207. The van der Waals surface area contributed by atoms with Crippen LogP contribution < -0.4 is 10.1 Å². The second-order valence-corrected chi connectivity index (χ2v) is 12.8. The van der Waals surface area contributed by atoms with E-state index in [1.165, 1.54) is 19.1 Å². The zero-order valence-electron chi connectivity index (χ0n) is 22.6. The van der Waals surface area contributed by atoms with Crippen LogP contribution in [0.15, 0.2) is 48.5 Å². The molecule has 0 aliphatic heterocycles. The van der Waals surface area contributed by atoms with Gasteiger partial charge in [-0.05, 0) is 49.4 Å². The molecule has 1 fully saturated rings. The molecule has 1 heterocycles. The quantitative estimate of drug-likeness (QED) is 0.243. The van der Waals surface area contributed by atoms with Crippen molar-refractivity contribution in [2.45, 2.75) is 50.7 Å². The van der Waals surface area contributed by atoms with Crippen LogP contribution in [-0.2, 0) is 26.6 Å². The first-order valence-corrected chi connectivity index (χ1v) is 15.2. The van der Waals surface area contributed by atoms with Gasteiger partial charge in [0, 0.05) is 23.4 Å². The van der Waals surface area contributed by atoms with E-state index in [9.17, 15) is 31.2 Å². The Kier molecular flexibility index (Phi) is 9.51. The Morgan fingerprint density at radius 3 is 2.29 bits per heavy atom. The molecule has 0 radical (unpaired) electrons. The number of nitrogens with one attached hydrogen (secondary N) is 1. The lowest BCUT2D eigenvalue weighted by atomic mass is 10.1. The zero-order valence-corrected chi connectivity index (χ0v) is 24.2. The SMILES string of the molecule is CC(=O)CCCS(=O)(=O)CC(=O)c1ccc(Cc2nc(NC3(c4ccc(Cl)cc4)CC3)nc(OCC(F)(F)F)n2)cc1. The summed E-state index contributed by atoms with van der Waals surface area (Å²) >= 11 is 6.00. The van der Waals surface area contributed by atoms with Gasteiger partial charge in [-0.3, -0.25) is 4.79 Å². The summed E-state index contributed by atoms with van der Waals surface area (Å²) in [5.41, 5.74) is 1.22. The number of anilines is 1. The minimum Gasteiger partial charge on any atom is -0.454 e. The minimum absolute atomic E-state index is 0.0476. The molecule has 1 saturated carbocycles. The molecular weight excluding hydrogens is 597 g/mol. The van der Waals surface area contributed by atoms with Gasteiger partial charge in [0.25, 0.3) is 0 Å². The molecule has 4 rings (SSSR count). The summed E-state index contributed by atoms with van der Waals surface area (Å²) in [5, 5.41) is 3.78. The number of carbonyl (C=O) groups excluding carboxylic acids is 2. The standard InChI is InChI=1S/C28H28ClF3N4O5S/c1-18(37)3-2-14-42(39,40)16-23(38)20-6-4-19(5-7-20)15-24-33-25(35-26(34-24)41-17-28(30,31)32)36-27(12-13-27)21-8-10-22(29)11-9-21/h4-11H,2-3,12-17H2,1H3,(H,33,34,35,36). The van der Waals surface area contributed by atoms with Crippen molar-refractivity contribution in [3.8, 4) is 6.01 Å². The molecule has 0 unspecified atom stereocenters. The number of sulfone groups is 1. The Morgan fingerprint density at radius 1 is 1.02 bits per heavy atom. The number of carbonyl (C=O) groups is 2. The minimum atomic E-state index is -4.59. The molecule has 14 heteroatoms. The maximum Gasteiger partial charge on any atom is 0.422 e. The first-order valence-electron chi connectivity index (χ1n) is 13.0. The molecular formula is C28H28ClF3N4O5S. The third-order valence-corrected chi connectivity index (χ3v) is 8.36. The van der Waals surface area contributed by atoms with E-state index in [1.807, 2.05) is 12.1 Å². The number of nitrogens with zero attached hydrogens (tertiary/aromatic N) is 3. The van der Waals surface area contributed by atoms with E-state index in [0.717, 1.165) is 18.4 Å². The van der Waals surface area contributed by atoms with Crippen LogP contribution in [0.1, 0.15) is 59.9 Å². The van der Waals surface area contributed by atoms with E-state index < -0.39 is 45.7 Å². The number of alkyl halides is 3. The molecule has 0 amide bonds. The molecule has 1 aliphatic carbocycles. The smallest absolute Gasteiger partial charge is 0.422 e. The fourth-order valence-electron chi connectivity index (χ4n) is 4.23. The number of ketones is 2. The number of aromatic nitrogens is 3. The van der Waals surface area contributed by atoms with Crippen LogP contribution in [0.5, 0.6) is 6.01 Å². The van der Waals surface area contributed by atoms with Crippen LogP contribution in [0.25, 0.3) is 0 Å². The number of hydrogen-bond acceptors (Lipinski definition) is 9. The van der Waals surface area contributed by atoms with Crippen molar-refractivity contribution < 1.29 is 35.9 Å². The first kappa shape index (κ1) is 31.4. The van der Waals surface area contributed by atoms with Crippen molar-refractivity contribution >= 4 is 39.0 Å². The third-order valence-electron chi connectivity index (χ3n) is 6.50. The van der Waals surface area contributed by atoms with E-state index in [1.54, 1.807) is 24.3 Å². The van der Waals surface area contributed by atoms with Crippen molar-refractivity contribution in [1.29, 1.82) is 0 Å². The molecule has 1 aromatic heterocycles. The van der Waals surface area contributed by atoms with E-state index in [0.29, 0.717) is 10.6 Å². The van der Waals surface area contributed by atoms with Gasteiger partial charge >= 0.3 is 12.2 Å². The van der Waals surface area contributed by atoms with Gasteiger partial charge in [-0.2, -0.15) is 28.1 Å². The van der Waals surface area contributed by atoms with Gasteiger partial charge in [0.05, 0.1) is 11.3 Å². The van der Waals surface area contributed by atoms with Crippen LogP contribution in [0, 0.1) is 0 Å². The summed E-state index contributed by atoms with van der Waals surface area (Å²) in [7, 11) is -3.68. The molecule has 2 aromatic carbocycles. The number of halogens is 4. The number of hydrogen-bond donors (Lipinski definition) is 1. The van der Waals surface area contributed by atoms with Gasteiger partial charge in [0.15, 0.2) is 22.2 Å². The lowest BCUT2D eigenvalue weighted by Crippen LogP contribution is -2.23. The summed E-state index contributed by atoms with van der Waals surface area (Å²) in [6.07, 6.45) is -2.74. The van der Waals surface area contributed by atoms with Crippen LogP contribution in [0.4, 0.5) is 19.1 Å². The highest BCUT2D eigenvalue weighted by atomic mass is 35.5. The van der Waals surface area contributed by atoms with Gasteiger partial charge in [-0.25, -0.2) is 8.42 Å². The molecule has 1 aliphatic rings. The lowest BCUT2D eigenvalue weighted by molar-refractivity contribution is -0.154. The highest BCUT2D eigenvalue weighted by Crippen LogP contribution is 2.48. The van der Waals surface area contributed by atoms with Gasteiger partial charge in [0.2, 0.25) is 5.95 Å². The first-order chi connectivity index (χ1) is 19.7. The predicted octanol–water partition coefficient (Wildman–Crippen LogP) is 5.12. The fourth-order valence-corrected chi connectivity index (χ4v) is 5.65. The molecule has 0 bridgehead atoms. The van der Waals surface area contributed by atoms with Gasteiger partial charge in [-0.15, -0.1) is 0 Å². The Balaban J connectivity index is 1.49. The molecule has 224 valence electrons. The topological polar surface area (TPSA) is 128 Å². The highest BCUT2D eigenvalue weighted by Gasteiger charge is 2.45. The maximum atomic E-state index is 12.8. The van der Waals surface area contributed by atoms with Gasteiger partial charge in [0.1, 0.15) is 17.4 Å². The van der Waals surface area contributed by atoms with Crippen molar-refractivity contribution in [1.82, 2.24) is 15.0 Å². The zero-order chi connectivity index (χ0) is 30.5. The molecule has 9 nitrogen and oxygen atoms in total. The van der Waals surface area contributed by atoms with E-state index in [-0.39, 0.29) is 48.1 Å². The van der Waals surface area contributed by atoms with Crippen LogP contribution in [-0.4, -0.2) is 59.2 Å². The highest BCUT2D eigenvalue weighted by molar-refractivity contribution is 7.92. The van der Waals surface area contributed by atoms with Crippen molar-refractivity contribution in [3.05, 3.63) is 76.1 Å². The summed E-state index contributed by atoms with van der Waals surface area (Å²) in [5.74, 6) is -1.47. The number of ether oxygens (including phenoxy) is 1. The Morgan fingerprint density at radius 2 is 1.69 bits per heavy atom. The fraction of sp³-hybridized carbons (Fsp3) is 0.393.